The van der Waals surface area contributed by atoms with Gasteiger partial charge in [-0.15, -0.1) is 0 Å². The van der Waals surface area contributed by atoms with Crippen LogP contribution in [0.1, 0.15) is 0 Å². The van der Waals surface area contributed by atoms with Crippen molar-refractivity contribution in [3.8, 4) is 0 Å². The summed E-state index contributed by atoms with van der Waals surface area (Å²) in [6.45, 7) is 1.60. The first-order valence-corrected chi connectivity index (χ1v) is 7.80. The zero-order chi connectivity index (χ0) is 13.9. The number of rotatable bonds is 3. The first-order valence-electron chi connectivity index (χ1n) is 5.91. The molecule has 1 aromatic rings. The Morgan fingerprint density at radius 2 is 2.16 bits per heavy atom. The highest BCUT2D eigenvalue weighted by molar-refractivity contribution is 7.90. The lowest BCUT2D eigenvalue weighted by molar-refractivity contribution is -0.128. The van der Waals surface area contributed by atoms with Gasteiger partial charge in [-0.1, -0.05) is 12.1 Å². The molecular weight excluding hydrogens is 268 g/mol. The van der Waals surface area contributed by atoms with Gasteiger partial charge in [0.25, 0.3) is 5.91 Å². The Kier molecular flexibility index (Phi) is 4.18. The van der Waals surface area contributed by atoms with Crippen molar-refractivity contribution in [1.29, 1.82) is 0 Å². The highest BCUT2D eigenvalue weighted by Gasteiger charge is 2.23. The second-order valence-electron chi connectivity index (χ2n) is 4.32. The van der Waals surface area contributed by atoms with Crippen LogP contribution in [0.3, 0.4) is 0 Å². The number of ether oxygens (including phenoxy) is 1. The molecule has 0 saturated carbocycles. The number of benzene rings is 1. The Balaban J connectivity index is 2.17. The van der Waals surface area contributed by atoms with Crippen LogP contribution >= 0.6 is 0 Å². The van der Waals surface area contributed by atoms with Crippen molar-refractivity contribution in [2.75, 3.05) is 31.3 Å². The predicted octanol–water partition coefficient (Wildman–Crippen LogP) is 0.0170. The summed E-state index contributed by atoms with van der Waals surface area (Å²) in [4.78, 5) is 12.1. The summed E-state index contributed by atoms with van der Waals surface area (Å²) >= 11 is 0. The van der Waals surface area contributed by atoms with E-state index in [9.17, 15) is 13.2 Å². The normalized spacial score (nSPS) is 19.9. The second-order valence-corrected chi connectivity index (χ2v) is 6.31. The molecule has 0 spiro atoms. The quantitative estimate of drug-likeness (QED) is 0.817. The predicted molar refractivity (Wildman–Crippen MR) is 70.8 cm³/mol. The van der Waals surface area contributed by atoms with Crippen molar-refractivity contribution in [2.24, 2.45) is 0 Å². The molecule has 1 heterocycles. The number of hydrogen-bond donors (Lipinski definition) is 2. The molecule has 1 aliphatic rings. The molecule has 1 fully saturated rings. The number of sulfone groups is 1. The fourth-order valence-corrected chi connectivity index (χ4v) is 2.68. The number of para-hydroxylation sites is 1. The molecule has 6 nitrogen and oxygen atoms in total. The molecule has 0 radical (unpaired) electrons. The van der Waals surface area contributed by atoms with Gasteiger partial charge in [0.15, 0.2) is 9.84 Å². The summed E-state index contributed by atoms with van der Waals surface area (Å²) in [5, 5.41) is 5.65. The lowest BCUT2D eigenvalue weighted by atomic mass is 10.2. The Labute approximate surface area is 112 Å². The standard InChI is InChI=1S/C12H16N2O4S/c1-19(16,17)11-5-3-2-4-9(11)14-12(15)10-8-13-6-7-18-10/h2-5,10,13H,6-8H2,1H3,(H,14,15). The van der Waals surface area contributed by atoms with E-state index in [1.807, 2.05) is 0 Å². The maximum Gasteiger partial charge on any atom is 0.254 e. The summed E-state index contributed by atoms with van der Waals surface area (Å²) in [6, 6.07) is 6.31. The van der Waals surface area contributed by atoms with Gasteiger partial charge in [0.2, 0.25) is 0 Å². The van der Waals surface area contributed by atoms with Gasteiger partial charge < -0.3 is 15.4 Å². The number of carbonyl (C=O) groups excluding carboxylic acids is 1. The summed E-state index contributed by atoms with van der Waals surface area (Å²) < 4.78 is 28.5. The van der Waals surface area contributed by atoms with E-state index < -0.39 is 15.9 Å². The Bertz CT molecular complexity index is 565. The maximum absolute atomic E-state index is 12.0. The minimum Gasteiger partial charge on any atom is -0.366 e. The van der Waals surface area contributed by atoms with Crippen molar-refractivity contribution in [3.63, 3.8) is 0 Å². The van der Waals surface area contributed by atoms with Gasteiger partial charge in [-0.25, -0.2) is 8.42 Å². The van der Waals surface area contributed by atoms with Crippen LogP contribution < -0.4 is 10.6 Å². The van der Waals surface area contributed by atoms with E-state index in [-0.39, 0.29) is 16.5 Å². The van der Waals surface area contributed by atoms with Crippen LogP contribution in [0.25, 0.3) is 0 Å². The molecule has 104 valence electrons. The van der Waals surface area contributed by atoms with E-state index in [0.29, 0.717) is 19.7 Å². The zero-order valence-electron chi connectivity index (χ0n) is 10.5. The average Bonchev–Trinajstić information content (AvgIpc) is 2.39. The summed E-state index contributed by atoms with van der Waals surface area (Å²) in [5.41, 5.74) is 0.282. The van der Waals surface area contributed by atoms with Crippen molar-refractivity contribution >= 4 is 21.4 Å². The van der Waals surface area contributed by atoms with Gasteiger partial charge in [-0.3, -0.25) is 4.79 Å². The van der Waals surface area contributed by atoms with Crippen LogP contribution in [-0.2, 0) is 19.4 Å². The van der Waals surface area contributed by atoms with Crippen LogP contribution in [0.4, 0.5) is 5.69 Å². The van der Waals surface area contributed by atoms with E-state index >= 15 is 0 Å². The summed E-state index contributed by atoms with van der Waals surface area (Å²) in [6.07, 6.45) is 0.512. The Morgan fingerprint density at radius 3 is 2.79 bits per heavy atom. The largest absolute Gasteiger partial charge is 0.366 e. The first kappa shape index (κ1) is 14.0. The molecule has 1 amide bonds. The van der Waals surface area contributed by atoms with Crippen LogP contribution in [0.5, 0.6) is 0 Å². The van der Waals surface area contributed by atoms with Crippen molar-refractivity contribution in [1.82, 2.24) is 5.32 Å². The van der Waals surface area contributed by atoms with Gasteiger partial charge in [-0.05, 0) is 12.1 Å². The zero-order valence-corrected chi connectivity index (χ0v) is 11.4. The topological polar surface area (TPSA) is 84.5 Å². The van der Waals surface area contributed by atoms with Crippen molar-refractivity contribution in [3.05, 3.63) is 24.3 Å². The first-order chi connectivity index (χ1) is 8.98. The van der Waals surface area contributed by atoms with Gasteiger partial charge >= 0.3 is 0 Å². The number of amides is 1. The molecule has 1 aromatic carbocycles. The van der Waals surface area contributed by atoms with Crippen LogP contribution in [0, 0.1) is 0 Å². The molecule has 0 bridgehead atoms. The molecule has 2 N–H and O–H groups in total. The fraction of sp³-hybridized carbons (Fsp3) is 0.417. The third-order valence-corrected chi connectivity index (χ3v) is 3.92. The third kappa shape index (κ3) is 3.52. The minimum atomic E-state index is -3.38. The Hall–Kier alpha value is -1.44. The van der Waals surface area contributed by atoms with Gasteiger partial charge in [0, 0.05) is 19.3 Å². The molecular formula is C12H16N2O4S. The molecule has 1 atom stereocenters. The molecule has 7 heteroatoms. The number of nitrogens with one attached hydrogen (secondary N) is 2. The SMILES string of the molecule is CS(=O)(=O)c1ccccc1NC(=O)C1CNCCO1. The monoisotopic (exact) mass is 284 g/mol. The molecule has 1 aliphatic heterocycles. The fourth-order valence-electron chi connectivity index (χ4n) is 1.84. The molecule has 0 aromatic heterocycles. The van der Waals surface area contributed by atoms with Crippen LogP contribution in [0.2, 0.25) is 0 Å². The lowest BCUT2D eigenvalue weighted by Gasteiger charge is -2.23. The van der Waals surface area contributed by atoms with E-state index in [0.717, 1.165) is 6.26 Å². The van der Waals surface area contributed by atoms with Gasteiger partial charge in [-0.2, -0.15) is 0 Å². The van der Waals surface area contributed by atoms with E-state index in [2.05, 4.69) is 10.6 Å². The van der Waals surface area contributed by atoms with E-state index in [4.69, 9.17) is 4.74 Å². The highest BCUT2D eigenvalue weighted by atomic mass is 32.2. The smallest absolute Gasteiger partial charge is 0.254 e. The molecule has 19 heavy (non-hydrogen) atoms. The number of hydrogen-bond acceptors (Lipinski definition) is 5. The Morgan fingerprint density at radius 1 is 1.42 bits per heavy atom. The number of anilines is 1. The average molecular weight is 284 g/mol. The summed E-state index contributed by atoms with van der Waals surface area (Å²) in [7, 11) is -3.38. The lowest BCUT2D eigenvalue weighted by Crippen LogP contribution is -2.45. The highest BCUT2D eigenvalue weighted by Crippen LogP contribution is 2.20. The van der Waals surface area contributed by atoms with Crippen LogP contribution in [0.15, 0.2) is 29.2 Å². The van der Waals surface area contributed by atoms with Crippen molar-refractivity contribution < 1.29 is 17.9 Å². The van der Waals surface area contributed by atoms with E-state index in [1.165, 1.54) is 6.07 Å². The molecule has 1 saturated heterocycles. The van der Waals surface area contributed by atoms with Crippen molar-refractivity contribution in [2.45, 2.75) is 11.0 Å². The number of morpholine rings is 1. The van der Waals surface area contributed by atoms with Gasteiger partial charge in [0.1, 0.15) is 6.10 Å². The van der Waals surface area contributed by atoms with Crippen LogP contribution in [-0.4, -0.2) is 46.4 Å². The second kappa shape index (κ2) is 5.68. The molecule has 0 aliphatic carbocycles. The van der Waals surface area contributed by atoms with E-state index in [1.54, 1.807) is 18.2 Å². The van der Waals surface area contributed by atoms with Gasteiger partial charge in [0.05, 0.1) is 17.2 Å². The third-order valence-electron chi connectivity index (χ3n) is 2.76. The molecule has 2 rings (SSSR count). The minimum absolute atomic E-state index is 0.104. The molecule has 1 unspecified atom stereocenters. The maximum atomic E-state index is 12.0. The number of carbonyl (C=O) groups is 1. The summed E-state index contributed by atoms with van der Waals surface area (Å²) in [5.74, 6) is -0.344.